The van der Waals surface area contributed by atoms with Crippen LogP contribution in [0.5, 0.6) is 11.5 Å². The van der Waals surface area contributed by atoms with Gasteiger partial charge in [-0.15, -0.1) is 0 Å². The summed E-state index contributed by atoms with van der Waals surface area (Å²) in [6.45, 7) is 0.928. The first-order valence-corrected chi connectivity index (χ1v) is 11.0. The molecule has 0 fully saturated rings. The number of ketones is 1. The molecule has 1 aliphatic heterocycles. The van der Waals surface area contributed by atoms with Gasteiger partial charge in [-0.25, -0.2) is 9.59 Å². The summed E-state index contributed by atoms with van der Waals surface area (Å²) in [6, 6.07) is 21.7. The van der Waals surface area contributed by atoms with E-state index in [4.69, 9.17) is 29.3 Å². The van der Waals surface area contributed by atoms with E-state index >= 15 is 0 Å². The Kier molecular flexibility index (Phi) is 8.58. The summed E-state index contributed by atoms with van der Waals surface area (Å²) >= 11 is 0. The zero-order chi connectivity index (χ0) is 25.4. The van der Waals surface area contributed by atoms with Gasteiger partial charge in [-0.3, -0.25) is 4.79 Å². The molecule has 0 saturated heterocycles. The minimum absolute atomic E-state index is 0.0510. The number of fused-ring (bicyclic) bond motifs is 1. The monoisotopic (exact) mass is 477 g/mol. The fourth-order valence-electron chi connectivity index (χ4n) is 3.93. The van der Waals surface area contributed by atoms with E-state index in [0.29, 0.717) is 11.1 Å². The van der Waals surface area contributed by atoms with Crippen LogP contribution in [0.2, 0.25) is 0 Å². The molecule has 182 valence electrons. The van der Waals surface area contributed by atoms with Crippen molar-refractivity contribution in [3.63, 3.8) is 0 Å². The van der Waals surface area contributed by atoms with E-state index in [1.807, 2.05) is 54.6 Å². The van der Waals surface area contributed by atoms with Gasteiger partial charge >= 0.3 is 11.9 Å². The van der Waals surface area contributed by atoms with E-state index in [1.165, 1.54) is 16.7 Å². The normalized spacial score (nSPS) is 14.1. The van der Waals surface area contributed by atoms with E-state index in [9.17, 15) is 4.79 Å². The molecule has 1 atom stereocenters. The molecule has 0 bridgehead atoms. The van der Waals surface area contributed by atoms with Crippen LogP contribution in [-0.2, 0) is 22.4 Å². The number of aliphatic carboxylic acids is 2. The molecule has 3 aromatic rings. The van der Waals surface area contributed by atoms with Crippen molar-refractivity contribution in [3.05, 3.63) is 94.5 Å². The van der Waals surface area contributed by atoms with Gasteiger partial charge in [-0.05, 0) is 48.2 Å². The van der Waals surface area contributed by atoms with Crippen LogP contribution in [0.3, 0.4) is 0 Å². The molecule has 1 aliphatic rings. The van der Waals surface area contributed by atoms with Gasteiger partial charge in [0.2, 0.25) is 0 Å². The number of nitrogens with one attached hydrogen (secondary N) is 1. The van der Waals surface area contributed by atoms with Crippen molar-refractivity contribution in [2.24, 2.45) is 0 Å². The molecule has 1 heterocycles. The van der Waals surface area contributed by atoms with E-state index in [1.54, 1.807) is 14.2 Å². The third-order valence-electron chi connectivity index (χ3n) is 5.68. The Morgan fingerprint density at radius 2 is 1.43 bits per heavy atom. The predicted octanol–water partition coefficient (Wildman–Crippen LogP) is 3.52. The van der Waals surface area contributed by atoms with E-state index in [2.05, 4.69) is 17.4 Å². The summed E-state index contributed by atoms with van der Waals surface area (Å²) in [6.07, 6.45) is 1.82. The van der Waals surface area contributed by atoms with Gasteiger partial charge in [0, 0.05) is 17.2 Å². The number of carbonyl (C=O) groups excluding carboxylic acids is 1. The number of carbonyl (C=O) groups is 3. The Balaban J connectivity index is 0.000000509. The van der Waals surface area contributed by atoms with Crippen molar-refractivity contribution in [2.75, 3.05) is 20.8 Å². The Morgan fingerprint density at radius 3 is 2.00 bits per heavy atom. The van der Waals surface area contributed by atoms with E-state index in [0.717, 1.165) is 30.9 Å². The van der Waals surface area contributed by atoms with Gasteiger partial charge in [-0.2, -0.15) is 0 Å². The highest BCUT2D eigenvalue weighted by Gasteiger charge is 2.23. The van der Waals surface area contributed by atoms with Gasteiger partial charge in [0.15, 0.2) is 17.3 Å². The number of benzene rings is 3. The molecule has 8 nitrogen and oxygen atoms in total. The highest BCUT2D eigenvalue weighted by atomic mass is 16.5. The number of carboxylic acids is 2. The van der Waals surface area contributed by atoms with Crippen LogP contribution in [0.1, 0.15) is 38.7 Å². The largest absolute Gasteiger partial charge is 0.493 e. The Labute approximate surface area is 203 Å². The second-order valence-electron chi connectivity index (χ2n) is 7.87. The molecule has 1 unspecified atom stereocenters. The molecule has 4 rings (SSSR count). The molecule has 3 N–H and O–H groups in total. The first-order valence-electron chi connectivity index (χ1n) is 11.0. The van der Waals surface area contributed by atoms with Gasteiger partial charge in [0.1, 0.15) is 0 Å². The first-order chi connectivity index (χ1) is 16.8. The fourth-order valence-corrected chi connectivity index (χ4v) is 3.93. The Hall–Kier alpha value is -4.17. The quantitative estimate of drug-likeness (QED) is 0.364. The summed E-state index contributed by atoms with van der Waals surface area (Å²) in [5, 5.41) is 18.4. The van der Waals surface area contributed by atoms with Crippen LogP contribution >= 0.6 is 0 Å². The molecular formula is C27H27NO7. The lowest BCUT2D eigenvalue weighted by Crippen LogP contribution is -2.31. The maximum atomic E-state index is 12.6. The fraction of sp³-hybridized carbons (Fsp3) is 0.222. The molecule has 8 heteroatoms. The van der Waals surface area contributed by atoms with Crippen LogP contribution in [0.4, 0.5) is 0 Å². The lowest BCUT2D eigenvalue weighted by atomic mass is 9.89. The molecule has 0 spiro atoms. The molecule has 3 aromatic carbocycles. The van der Waals surface area contributed by atoms with Crippen molar-refractivity contribution in [1.82, 2.24) is 5.32 Å². The average Bonchev–Trinajstić information content (AvgIpc) is 2.89. The van der Waals surface area contributed by atoms with Crippen LogP contribution in [0, 0.1) is 0 Å². The van der Waals surface area contributed by atoms with E-state index < -0.39 is 11.9 Å². The van der Waals surface area contributed by atoms with Crippen molar-refractivity contribution in [1.29, 1.82) is 0 Å². The van der Waals surface area contributed by atoms with Gasteiger partial charge < -0.3 is 25.0 Å². The number of carboxylic acid groups (broad SMARTS) is 2. The third kappa shape index (κ3) is 6.45. The molecule has 35 heavy (non-hydrogen) atoms. The summed E-state index contributed by atoms with van der Waals surface area (Å²) in [4.78, 5) is 30.8. The summed E-state index contributed by atoms with van der Waals surface area (Å²) < 4.78 is 10.9. The second kappa shape index (κ2) is 11.8. The summed E-state index contributed by atoms with van der Waals surface area (Å²) in [7, 11) is 3.33. The average molecular weight is 478 g/mol. The lowest BCUT2D eigenvalue weighted by molar-refractivity contribution is -0.159. The maximum absolute atomic E-state index is 12.6. The third-order valence-corrected chi connectivity index (χ3v) is 5.68. The molecule has 0 aromatic heterocycles. The van der Waals surface area contributed by atoms with Crippen molar-refractivity contribution >= 4 is 17.7 Å². The van der Waals surface area contributed by atoms with Crippen molar-refractivity contribution < 1.29 is 34.1 Å². The van der Waals surface area contributed by atoms with Crippen LogP contribution < -0.4 is 14.8 Å². The van der Waals surface area contributed by atoms with Gasteiger partial charge in [-0.1, -0.05) is 54.6 Å². The highest BCUT2D eigenvalue weighted by molar-refractivity contribution is 6.27. The van der Waals surface area contributed by atoms with Gasteiger partial charge in [0.05, 0.1) is 14.2 Å². The minimum atomic E-state index is -1.82. The smallest absolute Gasteiger partial charge is 0.414 e. The van der Waals surface area contributed by atoms with Crippen LogP contribution in [0.25, 0.3) is 0 Å². The number of methoxy groups -OCH3 is 2. The number of hydrogen-bond donors (Lipinski definition) is 3. The molecular weight excluding hydrogens is 450 g/mol. The standard InChI is InChI=1S/C25H25NO3.C2H2O4/c1-28-23-15-20-12-13-26-22(21(20)16-24(23)29-2)14-17-8-10-19(11-9-17)25(27)18-6-4-3-5-7-18;3-1(4)2(5)6/h3-11,15-16,22,26H,12-14H2,1-2H3;(H,3,4)(H,5,6). The summed E-state index contributed by atoms with van der Waals surface area (Å²) in [5.41, 5.74) is 5.16. The molecule has 0 amide bonds. The highest BCUT2D eigenvalue weighted by Crippen LogP contribution is 2.36. The molecule has 0 saturated carbocycles. The van der Waals surface area contributed by atoms with Crippen molar-refractivity contribution in [3.8, 4) is 11.5 Å². The SMILES string of the molecule is COc1cc2c(cc1OC)C(Cc1ccc(C(=O)c3ccccc3)cc1)NCC2.O=C(O)C(=O)O. The topological polar surface area (TPSA) is 122 Å². The predicted molar refractivity (Wildman–Crippen MR) is 129 cm³/mol. The zero-order valence-corrected chi connectivity index (χ0v) is 19.5. The minimum Gasteiger partial charge on any atom is -0.493 e. The maximum Gasteiger partial charge on any atom is 0.414 e. The van der Waals surface area contributed by atoms with Crippen LogP contribution in [-0.4, -0.2) is 48.7 Å². The summed E-state index contributed by atoms with van der Waals surface area (Å²) in [5.74, 6) is -2.07. The van der Waals surface area contributed by atoms with E-state index in [-0.39, 0.29) is 11.8 Å². The first kappa shape index (κ1) is 25.5. The Morgan fingerprint density at radius 1 is 0.857 bits per heavy atom. The number of hydrogen-bond acceptors (Lipinski definition) is 6. The number of rotatable bonds is 6. The lowest BCUT2D eigenvalue weighted by Gasteiger charge is -2.28. The molecule has 0 aliphatic carbocycles. The Bertz CT molecular complexity index is 1180. The van der Waals surface area contributed by atoms with Gasteiger partial charge in [0.25, 0.3) is 0 Å². The number of ether oxygens (including phenoxy) is 2. The van der Waals surface area contributed by atoms with Crippen molar-refractivity contribution in [2.45, 2.75) is 18.9 Å². The zero-order valence-electron chi connectivity index (χ0n) is 19.5. The second-order valence-corrected chi connectivity index (χ2v) is 7.87. The van der Waals surface area contributed by atoms with Crippen LogP contribution in [0.15, 0.2) is 66.7 Å². The molecule has 0 radical (unpaired) electrons.